The number of halogens is 1. The van der Waals surface area contributed by atoms with Crippen LogP contribution in [-0.2, 0) is 0 Å². The number of nitrogens with one attached hydrogen (secondary N) is 1. The molecule has 0 fully saturated rings. The van der Waals surface area contributed by atoms with Crippen molar-refractivity contribution in [1.82, 2.24) is 29.9 Å². The highest BCUT2D eigenvalue weighted by molar-refractivity contribution is 5.98. The first kappa shape index (κ1) is 15.9. The highest BCUT2D eigenvalue weighted by Crippen LogP contribution is 2.44. The van der Waals surface area contributed by atoms with Crippen molar-refractivity contribution in [2.75, 3.05) is 0 Å². The summed E-state index contributed by atoms with van der Waals surface area (Å²) in [6.07, 6.45) is 5.59. The Bertz CT molecular complexity index is 1130. The summed E-state index contributed by atoms with van der Waals surface area (Å²) < 4.78 is 21.5. The van der Waals surface area contributed by atoms with Crippen molar-refractivity contribution in [2.24, 2.45) is 0 Å². The van der Waals surface area contributed by atoms with E-state index in [0.29, 0.717) is 22.9 Å². The molecule has 1 aliphatic heterocycles. The Labute approximate surface area is 154 Å². The molecule has 0 saturated carbocycles. The molecular weight excluding hydrogens is 347 g/mol. The van der Waals surface area contributed by atoms with E-state index in [1.54, 1.807) is 18.5 Å². The SMILES string of the molecule is C[C@@H]1C[C@H](C)n2nc(-c3ccc(F)cn3)c(-c3ccnc4[nH]ncc34)c2O1. The highest BCUT2D eigenvalue weighted by atomic mass is 19.1. The van der Waals surface area contributed by atoms with E-state index in [0.717, 1.165) is 22.9 Å². The van der Waals surface area contributed by atoms with Crippen molar-refractivity contribution < 1.29 is 9.13 Å². The van der Waals surface area contributed by atoms with Gasteiger partial charge in [0, 0.05) is 23.6 Å². The van der Waals surface area contributed by atoms with Gasteiger partial charge in [-0.3, -0.25) is 10.1 Å². The van der Waals surface area contributed by atoms with Gasteiger partial charge in [0.2, 0.25) is 5.88 Å². The number of ether oxygens (including phenoxy) is 1. The first-order chi connectivity index (χ1) is 13.1. The van der Waals surface area contributed by atoms with Gasteiger partial charge in [-0.2, -0.15) is 10.2 Å². The number of nitrogens with zero attached hydrogens (tertiary/aromatic N) is 5. The summed E-state index contributed by atoms with van der Waals surface area (Å²) in [5.74, 6) is 0.305. The van der Waals surface area contributed by atoms with Crippen LogP contribution in [0, 0.1) is 5.82 Å². The summed E-state index contributed by atoms with van der Waals surface area (Å²) >= 11 is 0. The summed E-state index contributed by atoms with van der Waals surface area (Å²) in [7, 11) is 0. The van der Waals surface area contributed by atoms with Gasteiger partial charge in [0.05, 0.1) is 35.8 Å². The first-order valence-electron chi connectivity index (χ1n) is 8.81. The summed E-state index contributed by atoms with van der Waals surface area (Å²) in [6, 6.07) is 5.11. The standard InChI is InChI=1S/C19H17FN6O/c1-10-7-11(2)27-19-16(13-5-6-21-18-14(13)9-23-24-18)17(25-26(10)19)15-4-3-12(20)8-22-15/h3-6,8-11H,7H2,1-2H3,(H,21,23,24)/t10-,11+/m0/s1. The minimum atomic E-state index is -0.386. The largest absolute Gasteiger partial charge is 0.474 e. The van der Waals surface area contributed by atoms with Gasteiger partial charge in [-0.05, 0) is 32.0 Å². The van der Waals surface area contributed by atoms with Crippen LogP contribution in [0.15, 0.2) is 36.8 Å². The fourth-order valence-electron chi connectivity index (χ4n) is 3.66. The topological polar surface area (TPSA) is 81.5 Å². The van der Waals surface area contributed by atoms with E-state index in [4.69, 9.17) is 9.84 Å². The molecule has 7 nitrogen and oxygen atoms in total. The smallest absolute Gasteiger partial charge is 0.221 e. The van der Waals surface area contributed by atoms with Gasteiger partial charge < -0.3 is 4.74 Å². The van der Waals surface area contributed by atoms with Crippen molar-refractivity contribution in [3.8, 4) is 28.4 Å². The minimum absolute atomic E-state index is 0.0682. The van der Waals surface area contributed by atoms with E-state index in [2.05, 4.69) is 27.1 Å². The van der Waals surface area contributed by atoms with Gasteiger partial charge in [-0.25, -0.2) is 14.1 Å². The van der Waals surface area contributed by atoms with Crippen LogP contribution in [0.4, 0.5) is 4.39 Å². The second-order valence-corrected chi connectivity index (χ2v) is 6.84. The van der Waals surface area contributed by atoms with Gasteiger partial charge in [-0.1, -0.05) is 0 Å². The predicted octanol–water partition coefficient (Wildman–Crippen LogP) is 3.75. The average Bonchev–Trinajstić information content (AvgIpc) is 3.27. The maximum atomic E-state index is 13.4. The number of H-pyrrole nitrogens is 1. The van der Waals surface area contributed by atoms with Crippen LogP contribution in [0.25, 0.3) is 33.5 Å². The molecule has 0 spiro atoms. The second-order valence-electron chi connectivity index (χ2n) is 6.84. The molecule has 5 rings (SSSR count). The molecule has 0 aliphatic carbocycles. The lowest BCUT2D eigenvalue weighted by atomic mass is 10.0. The van der Waals surface area contributed by atoms with Crippen LogP contribution in [-0.4, -0.2) is 36.0 Å². The Kier molecular flexibility index (Phi) is 3.46. The molecule has 0 bridgehead atoms. The molecule has 27 heavy (non-hydrogen) atoms. The molecular formula is C19H17FN6O. The van der Waals surface area contributed by atoms with Crippen LogP contribution in [0.1, 0.15) is 26.3 Å². The Balaban J connectivity index is 1.83. The molecule has 0 amide bonds. The second kappa shape index (κ2) is 5.87. The Morgan fingerprint density at radius 1 is 1.19 bits per heavy atom. The van der Waals surface area contributed by atoms with E-state index in [-0.39, 0.29) is 18.0 Å². The van der Waals surface area contributed by atoms with Crippen molar-refractivity contribution in [2.45, 2.75) is 32.4 Å². The molecule has 0 aromatic carbocycles. The molecule has 0 saturated heterocycles. The fourth-order valence-corrected chi connectivity index (χ4v) is 3.66. The van der Waals surface area contributed by atoms with Crippen LogP contribution in [0.3, 0.4) is 0 Å². The number of pyridine rings is 2. The summed E-state index contributed by atoms with van der Waals surface area (Å²) in [5.41, 5.74) is 3.64. The lowest BCUT2D eigenvalue weighted by molar-refractivity contribution is 0.127. The zero-order chi connectivity index (χ0) is 18.5. The summed E-state index contributed by atoms with van der Waals surface area (Å²) in [4.78, 5) is 8.56. The monoisotopic (exact) mass is 364 g/mol. The lowest BCUT2D eigenvalue weighted by Gasteiger charge is -2.27. The molecule has 0 radical (unpaired) electrons. The third kappa shape index (κ3) is 2.48. The molecule has 2 atom stereocenters. The number of rotatable bonds is 2. The van der Waals surface area contributed by atoms with Crippen LogP contribution < -0.4 is 4.74 Å². The minimum Gasteiger partial charge on any atom is -0.474 e. The maximum absolute atomic E-state index is 13.4. The van der Waals surface area contributed by atoms with Gasteiger partial charge in [0.1, 0.15) is 11.5 Å². The number of fused-ring (bicyclic) bond motifs is 2. The number of hydrogen-bond donors (Lipinski definition) is 1. The number of aromatic amines is 1. The number of aromatic nitrogens is 6. The van der Waals surface area contributed by atoms with Gasteiger partial charge in [0.25, 0.3) is 0 Å². The summed E-state index contributed by atoms with van der Waals surface area (Å²) in [5, 5.41) is 12.7. The average molecular weight is 364 g/mol. The van der Waals surface area contributed by atoms with Gasteiger partial charge >= 0.3 is 0 Å². The Morgan fingerprint density at radius 2 is 2.07 bits per heavy atom. The van der Waals surface area contributed by atoms with Crippen LogP contribution in [0.5, 0.6) is 5.88 Å². The maximum Gasteiger partial charge on any atom is 0.221 e. The normalized spacial score (nSPS) is 19.1. The molecule has 1 aliphatic rings. The van der Waals surface area contributed by atoms with Crippen LogP contribution >= 0.6 is 0 Å². The van der Waals surface area contributed by atoms with Crippen molar-refractivity contribution in [1.29, 1.82) is 0 Å². The summed E-state index contributed by atoms with van der Waals surface area (Å²) in [6.45, 7) is 4.16. The molecule has 4 aromatic heterocycles. The molecule has 1 N–H and O–H groups in total. The zero-order valence-electron chi connectivity index (χ0n) is 14.8. The molecule has 136 valence electrons. The third-order valence-corrected chi connectivity index (χ3v) is 4.86. The molecule has 8 heteroatoms. The quantitative estimate of drug-likeness (QED) is 0.586. The van der Waals surface area contributed by atoms with Crippen molar-refractivity contribution in [3.63, 3.8) is 0 Å². The number of hydrogen-bond acceptors (Lipinski definition) is 5. The molecule has 5 heterocycles. The Hall–Kier alpha value is -3.29. The van der Waals surface area contributed by atoms with E-state index in [1.807, 2.05) is 17.7 Å². The van der Waals surface area contributed by atoms with E-state index < -0.39 is 0 Å². The predicted molar refractivity (Wildman–Crippen MR) is 97.7 cm³/mol. The van der Waals surface area contributed by atoms with Crippen molar-refractivity contribution in [3.05, 3.63) is 42.6 Å². The van der Waals surface area contributed by atoms with Gasteiger partial charge in [0.15, 0.2) is 5.65 Å². The zero-order valence-corrected chi connectivity index (χ0v) is 14.8. The highest BCUT2D eigenvalue weighted by Gasteiger charge is 2.31. The fraction of sp³-hybridized carbons (Fsp3) is 0.263. The Morgan fingerprint density at radius 3 is 2.89 bits per heavy atom. The van der Waals surface area contributed by atoms with Gasteiger partial charge in [-0.15, -0.1) is 0 Å². The van der Waals surface area contributed by atoms with E-state index in [9.17, 15) is 4.39 Å². The molecule has 0 unspecified atom stereocenters. The lowest BCUT2D eigenvalue weighted by Crippen LogP contribution is -2.26. The van der Waals surface area contributed by atoms with E-state index in [1.165, 1.54) is 12.3 Å². The molecule has 4 aromatic rings. The van der Waals surface area contributed by atoms with E-state index >= 15 is 0 Å². The van der Waals surface area contributed by atoms with Crippen LogP contribution in [0.2, 0.25) is 0 Å². The first-order valence-corrected chi connectivity index (χ1v) is 8.81. The third-order valence-electron chi connectivity index (χ3n) is 4.86. The van der Waals surface area contributed by atoms with Crippen molar-refractivity contribution >= 4 is 11.0 Å².